The van der Waals surface area contributed by atoms with Crippen molar-refractivity contribution < 1.29 is 32.2 Å². The molecule has 2 aromatic rings. The number of nitrogens with one attached hydrogen (secondary N) is 3. The van der Waals surface area contributed by atoms with Gasteiger partial charge >= 0.3 is 12.2 Å². The van der Waals surface area contributed by atoms with Gasteiger partial charge in [-0.2, -0.15) is 13.2 Å². The Hall–Kier alpha value is -4.28. The Morgan fingerprint density at radius 1 is 1.26 bits per heavy atom. The maximum absolute atomic E-state index is 12.7. The minimum absolute atomic E-state index is 0.0523. The fourth-order valence-electron chi connectivity index (χ4n) is 4.50. The van der Waals surface area contributed by atoms with Crippen molar-refractivity contribution >= 4 is 17.8 Å². The Bertz CT molecular complexity index is 1350. The molecule has 3 N–H and O–H groups in total. The second-order valence-electron chi connectivity index (χ2n) is 9.28. The molecule has 3 aliphatic rings. The van der Waals surface area contributed by atoms with Gasteiger partial charge in [0.2, 0.25) is 5.91 Å². The Morgan fingerprint density at radius 3 is 2.71 bits per heavy atom. The van der Waals surface area contributed by atoms with Gasteiger partial charge in [-0.05, 0) is 54.8 Å². The van der Waals surface area contributed by atoms with E-state index in [9.17, 15) is 22.8 Å². The molecule has 3 heterocycles. The summed E-state index contributed by atoms with van der Waals surface area (Å²) < 4.78 is 49.9. The number of hydrogen-bond donors (Lipinski definition) is 3. The Kier molecular flexibility index (Phi) is 6.60. The van der Waals surface area contributed by atoms with Crippen molar-refractivity contribution in [3.8, 4) is 5.75 Å². The molecule has 1 aromatic carbocycles. The number of carbonyl (C=O) groups excluding carboxylic acids is 2. The van der Waals surface area contributed by atoms with Gasteiger partial charge in [-0.3, -0.25) is 4.79 Å². The molecule has 8 nitrogen and oxygen atoms in total. The van der Waals surface area contributed by atoms with Gasteiger partial charge < -0.3 is 25.4 Å². The van der Waals surface area contributed by atoms with Gasteiger partial charge in [0, 0.05) is 24.7 Å². The smallest absolute Gasteiger partial charge is 0.416 e. The number of rotatable bonds is 6. The number of pyridine rings is 1. The van der Waals surface area contributed by atoms with E-state index >= 15 is 0 Å². The maximum Gasteiger partial charge on any atom is 0.416 e. The predicted molar refractivity (Wildman–Crippen MR) is 132 cm³/mol. The van der Waals surface area contributed by atoms with E-state index < -0.39 is 17.8 Å². The normalized spacial score (nSPS) is 23.2. The number of alkyl halides is 3. The van der Waals surface area contributed by atoms with Crippen LogP contribution in [-0.2, 0) is 28.7 Å². The van der Waals surface area contributed by atoms with E-state index in [0.717, 1.165) is 23.3 Å². The first-order valence-electron chi connectivity index (χ1n) is 12.0. The van der Waals surface area contributed by atoms with E-state index in [-0.39, 0.29) is 30.5 Å². The summed E-state index contributed by atoms with van der Waals surface area (Å²) in [6.45, 7) is 5.98. The van der Waals surface area contributed by atoms with Crippen LogP contribution in [0.3, 0.4) is 0 Å². The molecule has 0 unspecified atom stereocenters. The lowest BCUT2D eigenvalue weighted by Gasteiger charge is -2.18. The highest BCUT2D eigenvalue weighted by Gasteiger charge is 2.60. The fraction of sp³-hybridized carbons (Fsp3) is 0.296. The lowest BCUT2D eigenvalue weighted by molar-refractivity contribution is -0.137. The Labute approximate surface area is 216 Å². The second kappa shape index (κ2) is 9.88. The number of amides is 3. The van der Waals surface area contributed by atoms with E-state index in [1.807, 2.05) is 0 Å². The van der Waals surface area contributed by atoms with Crippen LogP contribution in [0.5, 0.6) is 5.75 Å². The van der Waals surface area contributed by atoms with E-state index in [1.165, 1.54) is 12.1 Å². The summed E-state index contributed by atoms with van der Waals surface area (Å²) in [5.74, 6) is 2.23. The predicted octanol–water partition coefficient (Wildman–Crippen LogP) is 4.60. The first-order chi connectivity index (χ1) is 18.1. The lowest BCUT2D eigenvalue weighted by Crippen LogP contribution is -2.38. The molecule has 3 amide bonds. The molecule has 198 valence electrons. The first-order valence-corrected chi connectivity index (χ1v) is 12.0. The number of halogens is 3. The monoisotopic (exact) mass is 526 g/mol. The quantitative estimate of drug-likeness (QED) is 0.478. The van der Waals surface area contributed by atoms with Gasteiger partial charge in [-0.25, -0.2) is 9.78 Å². The third kappa shape index (κ3) is 5.36. The zero-order chi connectivity index (χ0) is 27.0. The van der Waals surface area contributed by atoms with Crippen LogP contribution in [0.25, 0.3) is 0 Å². The molecule has 5 rings (SSSR count). The molecule has 0 radical (unpaired) electrons. The summed E-state index contributed by atoms with van der Waals surface area (Å²) in [4.78, 5) is 28.0. The van der Waals surface area contributed by atoms with Crippen molar-refractivity contribution in [3.05, 3.63) is 89.0 Å². The summed E-state index contributed by atoms with van der Waals surface area (Å²) in [7, 11) is 0. The van der Waals surface area contributed by atoms with Crippen molar-refractivity contribution in [3.63, 3.8) is 0 Å². The number of fused-ring (bicyclic) bond motifs is 2. The average molecular weight is 527 g/mol. The second-order valence-corrected chi connectivity index (χ2v) is 9.28. The van der Waals surface area contributed by atoms with Crippen molar-refractivity contribution in [2.24, 2.45) is 5.92 Å². The first kappa shape index (κ1) is 25.4. The number of benzene rings is 1. The molecule has 3 atom stereocenters. The summed E-state index contributed by atoms with van der Waals surface area (Å²) >= 11 is 0. The van der Waals surface area contributed by atoms with Crippen molar-refractivity contribution in [2.75, 3.05) is 5.32 Å². The van der Waals surface area contributed by atoms with Crippen LogP contribution in [0.4, 0.5) is 23.8 Å². The molecule has 2 aliphatic heterocycles. The van der Waals surface area contributed by atoms with Gasteiger partial charge in [-0.15, -0.1) is 0 Å². The minimum atomic E-state index is -4.40. The van der Waals surface area contributed by atoms with E-state index in [1.54, 1.807) is 31.3 Å². The number of aromatic nitrogens is 1. The van der Waals surface area contributed by atoms with Gasteiger partial charge in [-0.1, -0.05) is 18.7 Å². The Balaban J connectivity index is 1.11. The topological polar surface area (TPSA) is 102 Å². The molecule has 1 saturated heterocycles. The maximum atomic E-state index is 12.7. The molecule has 1 aliphatic carbocycles. The highest BCUT2D eigenvalue weighted by Crippen LogP contribution is 2.50. The van der Waals surface area contributed by atoms with E-state index in [2.05, 4.69) is 27.5 Å². The largest absolute Gasteiger partial charge is 0.487 e. The number of hydrogen-bond acceptors (Lipinski definition) is 5. The molecule has 0 spiro atoms. The van der Waals surface area contributed by atoms with Gasteiger partial charge in [0.25, 0.3) is 0 Å². The zero-order valence-corrected chi connectivity index (χ0v) is 20.4. The average Bonchev–Trinajstić information content (AvgIpc) is 3.43. The number of allylic oxidation sites excluding steroid dienone is 4. The van der Waals surface area contributed by atoms with E-state index in [4.69, 9.17) is 9.47 Å². The number of carbonyl (C=O) groups is 2. The highest BCUT2D eigenvalue weighted by molar-refractivity contribution is 5.93. The third-order valence-electron chi connectivity index (χ3n) is 6.58. The van der Waals surface area contributed by atoms with Crippen LogP contribution in [-0.4, -0.2) is 29.1 Å². The van der Waals surface area contributed by atoms with Gasteiger partial charge in [0.15, 0.2) is 0 Å². The summed E-state index contributed by atoms with van der Waals surface area (Å²) in [6.07, 6.45) is 1.41. The van der Waals surface area contributed by atoms with Crippen molar-refractivity contribution in [1.29, 1.82) is 0 Å². The molecule has 0 bridgehead atoms. The summed E-state index contributed by atoms with van der Waals surface area (Å²) in [5, 5.41) is 8.21. The van der Waals surface area contributed by atoms with Crippen LogP contribution >= 0.6 is 0 Å². The molecular formula is C27H25F3N4O4. The molecular weight excluding hydrogens is 501 g/mol. The zero-order valence-electron chi connectivity index (χ0n) is 20.4. The number of ether oxygens (including phenoxy) is 2. The number of nitrogens with zero attached hydrogens (tertiary/aromatic N) is 1. The standard InChI is InChI=1S/C27H25F3N4O4/c1-14(37-20-11-12-31-25-18(20)8-10-21(35)33-25)3-9-19-15(2)22-23(24(22)38-19)34-26(36)32-13-16-4-6-17(7-5-16)27(28,29)30/h3-7,9,11-12,22-24H,2,8,10,13H2,1H3,(H,31,33,35)(H2,32,34,36)/b14-3+,19-9+/t22-,23-,24-/m0/s1. The lowest BCUT2D eigenvalue weighted by atomic mass is 10.1. The Morgan fingerprint density at radius 2 is 2.03 bits per heavy atom. The SMILES string of the molecule is C=C1/C(=C\C=C(/C)Oc2ccnc3c2CCC(=O)N3)O[C@@H]2[C@@H](NC(=O)NCc3ccc(C(F)(F)F)cc3)[C@H]12. The van der Waals surface area contributed by atoms with Crippen LogP contribution in [0, 0.1) is 5.92 Å². The summed E-state index contributed by atoms with van der Waals surface area (Å²) in [5.41, 5.74) is 1.42. The molecule has 2 fully saturated rings. The molecule has 1 saturated carbocycles. The number of anilines is 1. The van der Waals surface area contributed by atoms with Crippen LogP contribution in [0.1, 0.15) is 30.0 Å². The van der Waals surface area contributed by atoms with Crippen molar-refractivity contribution in [1.82, 2.24) is 15.6 Å². The molecule has 38 heavy (non-hydrogen) atoms. The van der Waals surface area contributed by atoms with Gasteiger partial charge in [0.05, 0.1) is 17.5 Å². The van der Waals surface area contributed by atoms with Crippen LogP contribution < -0.4 is 20.7 Å². The van der Waals surface area contributed by atoms with Crippen LogP contribution in [0.15, 0.2) is 72.4 Å². The van der Waals surface area contributed by atoms with Gasteiger partial charge in [0.1, 0.15) is 29.2 Å². The molecule has 1 aromatic heterocycles. The fourth-order valence-corrected chi connectivity index (χ4v) is 4.50. The molecule has 11 heteroatoms. The van der Waals surface area contributed by atoms with Crippen LogP contribution in [0.2, 0.25) is 0 Å². The number of urea groups is 1. The van der Waals surface area contributed by atoms with E-state index in [0.29, 0.717) is 41.5 Å². The minimum Gasteiger partial charge on any atom is -0.487 e. The highest BCUT2D eigenvalue weighted by atomic mass is 19.4. The third-order valence-corrected chi connectivity index (χ3v) is 6.58. The summed E-state index contributed by atoms with van der Waals surface area (Å²) in [6, 6.07) is 5.71. The van der Waals surface area contributed by atoms with Crippen molar-refractivity contribution in [2.45, 2.75) is 44.6 Å².